The highest BCUT2D eigenvalue weighted by atomic mass is 16.5. The smallest absolute Gasteiger partial charge is 0.0780 e. The van der Waals surface area contributed by atoms with Crippen LogP contribution in [0.2, 0.25) is 0 Å². The summed E-state index contributed by atoms with van der Waals surface area (Å²) in [4.78, 5) is 0. The van der Waals surface area contributed by atoms with E-state index in [1.807, 2.05) is 6.92 Å². The lowest BCUT2D eigenvalue weighted by Gasteiger charge is -2.11. The van der Waals surface area contributed by atoms with E-state index in [-0.39, 0.29) is 6.10 Å². The summed E-state index contributed by atoms with van der Waals surface area (Å²) in [5.74, 6) is 0. The molecular formula is C12H27NO2. The van der Waals surface area contributed by atoms with E-state index in [1.54, 1.807) is 7.11 Å². The summed E-state index contributed by atoms with van der Waals surface area (Å²) in [6.07, 6.45) is 5.10. The summed E-state index contributed by atoms with van der Waals surface area (Å²) in [7, 11) is 1.71. The minimum atomic E-state index is 0.230. The molecule has 3 nitrogen and oxygen atoms in total. The van der Waals surface area contributed by atoms with E-state index in [0.717, 1.165) is 26.1 Å². The number of ether oxygens (including phenoxy) is 2. The molecule has 0 radical (unpaired) electrons. The zero-order chi connectivity index (χ0) is 11.4. The Labute approximate surface area is 94.5 Å². The van der Waals surface area contributed by atoms with Crippen LogP contribution in [0.4, 0.5) is 0 Å². The molecule has 0 spiro atoms. The van der Waals surface area contributed by atoms with E-state index in [2.05, 4.69) is 12.2 Å². The predicted octanol–water partition coefficient (Wildman–Crippen LogP) is 2.21. The maximum atomic E-state index is 5.56. The Morgan fingerprint density at radius 2 is 1.93 bits per heavy atom. The number of methoxy groups -OCH3 is 1. The van der Waals surface area contributed by atoms with Gasteiger partial charge in [-0.3, -0.25) is 0 Å². The molecule has 0 saturated heterocycles. The van der Waals surface area contributed by atoms with Gasteiger partial charge in [-0.25, -0.2) is 0 Å². The first kappa shape index (κ1) is 14.9. The van der Waals surface area contributed by atoms with Crippen LogP contribution in [0, 0.1) is 0 Å². The van der Waals surface area contributed by atoms with Gasteiger partial charge < -0.3 is 14.8 Å². The minimum absolute atomic E-state index is 0.230. The topological polar surface area (TPSA) is 30.5 Å². The summed E-state index contributed by atoms with van der Waals surface area (Å²) < 4.78 is 10.6. The standard InChI is InChI=1S/C12H27NO2/c1-4-8-13-9-6-5-7-10-15-12(2)11-14-3/h12-13H,4-11H2,1-3H3. The average Bonchev–Trinajstić information content (AvgIpc) is 2.22. The Morgan fingerprint density at radius 1 is 1.13 bits per heavy atom. The lowest BCUT2D eigenvalue weighted by atomic mass is 10.2. The highest BCUT2D eigenvalue weighted by Gasteiger charge is 1.99. The second-order valence-corrected chi connectivity index (χ2v) is 3.95. The molecule has 0 rings (SSSR count). The number of hydrogen-bond acceptors (Lipinski definition) is 3. The van der Waals surface area contributed by atoms with Crippen molar-refractivity contribution in [1.82, 2.24) is 5.32 Å². The van der Waals surface area contributed by atoms with Gasteiger partial charge in [-0.1, -0.05) is 6.92 Å². The van der Waals surface area contributed by atoms with Gasteiger partial charge in [-0.05, 0) is 45.7 Å². The van der Waals surface area contributed by atoms with E-state index in [1.165, 1.54) is 19.3 Å². The second kappa shape index (κ2) is 12.0. The molecule has 0 amide bonds. The number of nitrogens with one attached hydrogen (secondary N) is 1. The van der Waals surface area contributed by atoms with Crippen LogP contribution < -0.4 is 5.32 Å². The highest BCUT2D eigenvalue weighted by Crippen LogP contribution is 1.98. The molecule has 0 aromatic heterocycles. The molecular weight excluding hydrogens is 190 g/mol. The molecule has 0 aliphatic heterocycles. The van der Waals surface area contributed by atoms with Crippen molar-refractivity contribution < 1.29 is 9.47 Å². The summed E-state index contributed by atoms with van der Waals surface area (Å²) in [5, 5.41) is 3.39. The van der Waals surface area contributed by atoms with Crippen molar-refractivity contribution >= 4 is 0 Å². The van der Waals surface area contributed by atoms with Gasteiger partial charge >= 0.3 is 0 Å². The molecule has 15 heavy (non-hydrogen) atoms. The molecule has 0 aromatic rings. The zero-order valence-corrected chi connectivity index (χ0v) is 10.6. The highest BCUT2D eigenvalue weighted by molar-refractivity contribution is 4.49. The van der Waals surface area contributed by atoms with Crippen molar-refractivity contribution in [2.24, 2.45) is 0 Å². The van der Waals surface area contributed by atoms with Gasteiger partial charge in [-0.2, -0.15) is 0 Å². The van der Waals surface area contributed by atoms with Gasteiger partial charge in [0.05, 0.1) is 12.7 Å². The van der Waals surface area contributed by atoms with Gasteiger partial charge in [0.15, 0.2) is 0 Å². The first-order valence-electron chi connectivity index (χ1n) is 6.12. The Morgan fingerprint density at radius 3 is 2.60 bits per heavy atom. The zero-order valence-electron chi connectivity index (χ0n) is 10.6. The van der Waals surface area contributed by atoms with E-state index in [4.69, 9.17) is 9.47 Å². The predicted molar refractivity (Wildman–Crippen MR) is 64.3 cm³/mol. The van der Waals surface area contributed by atoms with Crippen LogP contribution in [0.15, 0.2) is 0 Å². The summed E-state index contributed by atoms with van der Waals surface area (Å²) in [6, 6.07) is 0. The molecule has 0 aromatic carbocycles. The quantitative estimate of drug-likeness (QED) is 0.538. The third kappa shape index (κ3) is 11.8. The minimum Gasteiger partial charge on any atom is -0.382 e. The molecule has 0 fully saturated rings. The summed E-state index contributed by atoms with van der Waals surface area (Å²) in [6.45, 7) is 8.07. The van der Waals surface area contributed by atoms with Crippen LogP contribution in [-0.4, -0.2) is 39.5 Å². The van der Waals surface area contributed by atoms with Gasteiger partial charge in [0, 0.05) is 13.7 Å². The fourth-order valence-electron chi connectivity index (χ4n) is 1.40. The SMILES string of the molecule is CCCNCCCCCOC(C)COC. The van der Waals surface area contributed by atoms with E-state index >= 15 is 0 Å². The Bertz CT molecular complexity index is 120. The molecule has 1 atom stereocenters. The van der Waals surface area contributed by atoms with Crippen LogP contribution in [0.25, 0.3) is 0 Å². The molecule has 1 N–H and O–H groups in total. The van der Waals surface area contributed by atoms with Gasteiger partial charge in [0.25, 0.3) is 0 Å². The van der Waals surface area contributed by atoms with Crippen LogP contribution in [0.5, 0.6) is 0 Å². The second-order valence-electron chi connectivity index (χ2n) is 3.95. The van der Waals surface area contributed by atoms with Crippen molar-refractivity contribution in [3.63, 3.8) is 0 Å². The first-order chi connectivity index (χ1) is 7.31. The lowest BCUT2D eigenvalue weighted by Crippen LogP contribution is -2.17. The first-order valence-corrected chi connectivity index (χ1v) is 6.12. The molecule has 0 bridgehead atoms. The van der Waals surface area contributed by atoms with Crippen LogP contribution in [0.1, 0.15) is 39.5 Å². The lowest BCUT2D eigenvalue weighted by molar-refractivity contribution is 0.00768. The van der Waals surface area contributed by atoms with Crippen molar-refractivity contribution in [2.75, 3.05) is 33.4 Å². The van der Waals surface area contributed by atoms with E-state index in [9.17, 15) is 0 Å². The molecule has 92 valence electrons. The maximum absolute atomic E-state index is 5.56. The van der Waals surface area contributed by atoms with E-state index < -0.39 is 0 Å². The molecule has 0 heterocycles. The van der Waals surface area contributed by atoms with Crippen molar-refractivity contribution in [1.29, 1.82) is 0 Å². The molecule has 0 aliphatic rings. The van der Waals surface area contributed by atoms with Crippen LogP contribution >= 0.6 is 0 Å². The van der Waals surface area contributed by atoms with Crippen molar-refractivity contribution in [3.8, 4) is 0 Å². The van der Waals surface area contributed by atoms with Crippen LogP contribution in [0.3, 0.4) is 0 Å². The van der Waals surface area contributed by atoms with E-state index in [0.29, 0.717) is 6.61 Å². The summed E-state index contributed by atoms with van der Waals surface area (Å²) >= 11 is 0. The number of unbranched alkanes of at least 4 members (excludes halogenated alkanes) is 2. The fourth-order valence-corrected chi connectivity index (χ4v) is 1.40. The molecule has 3 heteroatoms. The normalized spacial score (nSPS) is 13.0. The average molecular weight is 217 g/mol. The van der Waals surface area contributed by atoms with Crippen LogP contribution in [-0.2, 0) is 9.47 Å². The maximum Gasteiger partial charge on any atom is 0.0780 e. The molecule has 0 aliphatic carbocycles. The fraction of sp³-hybridized carbons (Fsp3) is 1.00. The Balaban J connectivity index is 2.98. The number of hydrogen-bond donors (Lipinski definition) is 1. The third-order valence-electron chi connectivity index (χ3n) is 2.23. The molecule has 0 saturated carbocycles. The largest absolute Gasteiger partial charge is 0.382 e. The van der Waals surface area contributed by atoms with Gasteiger partial charge in [0.1, 0.15) is 0 Å². The van der Waals surface area contributed by atoms with Gasteiger partial charge in [-0.15, -0.1) is 0 Å². The molecule has 1 unspecified atom stereocenters. The monoisotopic (exact) mass is 217 g/mol. The van der Waals surface area contributed by atoms with Crippen molar-refractivity contribution in [3.05, 3.63) is 0 Å². The number of rotatable bonds is 11. The van der Waals surface area contributed by atoms with Crippen molar-refractivity contribution in [2.45, 2.75) is 45.6 Å². The Hall–Kier alpha value is -0.120. The van der Waals surface area contributed by atoms with Gasteiger partial charge in [0.2, 0.25) is 0 Å². The Kier molecular flexibility index (Phi) is 11.9. The third-order valence-corrected chi connectivity index (χ3v) is 2.23. The summed E-state index contributed by atoms with van der Waals surface area (Å²) in [5.41, 5.74) is 0.